The Hall–Kier alpha value is -3.85. The van der Waals surface area contributed by atoms with Crippen molar-refractivity contribution in [3.05, 3.63) is 76.7 Å². The van der Waals surface area contributed by atoms with Gasteiger partial charge in [-0.05, 0) is 29.8 Å². The summed E-state index contributed by atoms with van der Waals surface area (Å²) in [5, 5.41) is 18.3. The number of hydrogen-bond acceptors (Lipinski definition) is 7. The summed E-state index contributed by atoms with van der Waals surface area (Å²) in [6.07, 6.45) is 0.509. The van der Waals surface area contributed by atoms with E-state index in [9.17, 15) is 4.79 Å². The van der Waals surface area contributed by atoms with Gasteiger partial charge in [-0.2, -0.15) is 14.6 Å². The molecule has 0 saturated heterocycles. The lowest BCUT2D eigenvalue weighted by Crippen LogP contribution is -2.06. The molecule has 0 amide bonds. The van der Waals surface area contributed by atoms with Crippen LogP contribution in [0.2, 0.25) is 5.02 Å². The highest BCUT2D eigenvalue weighted by molar-refractivity contribution is 6.30. The monoisotopic (exact) mass is 433 g/mol. The van der Waals surface area contributed by atoms with Crippen LogP contribution in [-0.2, 0) is 22.4 Å². The molecule has 10 heteroatoms. The van der Waals surface area contributed by atoms with E-state index in [1.807, 2.05) is 42.5 Å². The van der Waals surface area contributed by atoms with Crippen molar-refractivity contribution in [1.29, 1.82) is 0 Å². The maximum atomic E-state index is 11.9. The fourth-order valence-corrected chi connectivity index (χ4v) is 3.45. The van der Waals surface area contributed by atoms with Gasteiger partial charge in [0.15, 0.2) is 17.0 Å². The van der Waals surface area contributed by atoms with Crippen LogP contribution in [0.25, 0.3) is 22.6 Å². The van der Waals surface area contributed by atoms with Gasteiger partial charge in [-0.15, -0.1) is 15.3 Å². The molecule has 0 bridgehead atoms. The van der Waals surface area contributed by atoms with Gasteiger partial charge < -0.3 is 4.74 Å². The predicted octanol–water partition coefficient (Wildman–Crippen LogP) is 2.82. The van der Waals surface area contributed by atoms with Gasteiger partial charge in [-0.3, -0.25) is 4.79 Å². The van der Waals surface area contributed by atoms with Gasteiger partial charge in [0.1, 0.15) is 5.69 Å². The van der Waals surface area contributed by atoms with E-state index < -0.39 is 5.97 Å². The average Bonchev–Trinajstić information content (AvgIpc) is 3.36. The molecule has 5 rings (SSSR count). The molecule has 3 heterocycles. The summed E-state index contributed by atoms with van der Waals surface area (Å²) in [5.74, 6) is 0.525. The number of benzene rings is 2. The van der Waals surface area contributed by atoms with Crippen LogP contribution in [0.15, 0.2) is 54.6 Å². The smallest absolute Gasteiger partial charge is 0.311 e. The van der Waals surface area contributed by atoms with E-state index in [1.165, 1.54) is 7.11 Å². The summed E-state index contributed by atoms with van der Waals surface area (Å²) >= 11 is 6.04. The van der Waals surface area contributed by atoms with E-state index in [-0.39, 0.29) is 6.42 Å². The number of esters is 1. The summed E-state index contributed by atoms with van der Waals surface area (Å²) in [7, 11) is 1.33. The van der Waals surface area contributed by atoms with Crippen LogP contribution in [0.5, 0.6) is 0 Å². The Bertz CT molecular complexity index is 1390. The van der Waals surface area contributed by atoms with Crippen molar-refractivity contribution < 1.29 is 9.53 Å². The number of fused-ring (bicyclic) bond motifs is 3. The first-order chi connectivity index (χ1) is 15.1. The molecule has 0 aliphatic rings. The minimum absolute atomic E-state index is 0.0423. The second-order valence-electron chi connectivity index (χ2n) is 6.86. The molecule has 9 nitrogen and oxygen atoms in total. The Kier molecular flexibility index (Phi) is 4.79. The van der Waals surface area contributed by atoms with Gasteiger partial charge in [0, 0.05) is 11.4 Å². The zero-order valence-electron chi connectivity index (χ0n) is 16.4. The highest BCUT2D eigenvalue weighted by atomic mass is 35.5. The third-order valence-electron chi connectivity index (χ3n) is 4.80. The molecule has 0 fully saturated rings. The van der Waals surface area contributed by atoms with Gasteiger partial charge in [-0.1, -0.05) is 41.9 Å². The maximum Gasteiger partial charge on any atom is 0.311 e. The highest BCUT2D eigenvalue weighted by Gasteiger charge is 2.21. The van der Waals surface area contributed by atoms with E-state index in [2.05, 4.69) is 25.4 Å². The lowest BCUT2D eigenvalue weighted by Gasteiger charge is -2.03. The summed E-state index contributed by atoms with van der Waals surface area (Å²) < 4.78 is 8.06. The minimum atomic E-state index is -0.423. The molecule has 0 aliphatic heterocycles. The Morgan fingerprint density at radius 2 is 1.81 bits per heavy atom. The zero-order chi connectivity index (χ0) is 21.4. The molecule has 0 atom stereocenters. The molecule has 0 N–H and O–H groups in total. The van der Waals surface area contributed by atoms with Crippen molar-refractivity contribution in [3.63, 3.8) is 0 Å². The van der Waals surface area contributed by atoms with Crippen molar-refractivity contribution in [2.45, 2.75) is 12.8 Å². The quantitative estimate of drug-likeness (QED) is 0.393. The van der Waals surface area contributed by atoms with E-state index in [4.69, 9.17) is 16.3 Å². The van der Waals surface area contributed by atoms with Gasteiger partial charge in [0.05, 0.1) is 19.2 Å². The van der Waals surface area contributed by atoms with Crippen molar-refractivity contribution in [2.24, 2.45) is 0 Å². The highest BCUT2D eigenvalue weighted by Crippen LogP contribution is 2.22. The van der Waals surface area contributed by atoms with Crippen LogP contribution >= 0.6 is 11.6 Å². The van der Waals surface area contributed by atoms with E-state index >= 15 is 0 Å². The molecule has 3 aromatic heterocycles. The average molecular weight is 434 g/mol. The van der Waals surface area contributed by atoms with Crippen LogP contribution in [0.1, 0.15) is 17.1 Å². The van der Waals surface area contributed by atoms with E-state index in [0.717, 1.165) is 11.3 Å². The Balaban J connectivity index is 1.70. The van der Waals surface area contributed by atoms with Crippen molar-refractivity contribution in [2.75, 3.05) is 7.11 Å². The number of halogens is 1. The number of hydrogen-bond donors (Lipinski definition) is 0. The van der Waals surface area contributed by atoms with Gasteiger partial charge >= 0.3 is 5.97 Å². The van der Waals surface area contributed by atoms with E-state index in [1.54, 1.807) is 21.3 Å². The SMILES string of the molecule is COC(=O)Cc1nn(-c2ccc(Cl)cc2)c2c1nnc1nc(Cc3ccccc3)nn12. The Morgan fingerprint density at radius 3 is 2.55 bits per heavy atom. The van der Waals surface area contributed by atoms with Gasteiger partial charge in [-0.25, -0.2) is 4.68 Å². The second-order valence-corrected chi connectivity index (χ2v) is 7.30. The van der Waals surface area contributed by atoms with Crippen molar-refractivity contribution >= 4 is 34.5 Å². The lowest BCUT2D eigenvalue weighted by molar-refractivity contribution is -0.139. The molecular formula is C21H16ClN7O2. The Labute approximate surface area is 181 Å². The van der Waals surface area contributed by atoms with Crippen molar-refractivity contribution in [3.8, 4) is 5.69 Å². The van der Waals surface area contributed by atoms with Crippen LogP contribution < -0.4 is 0 Å². The standard InChI is InChI=1S/C21H16ClN7O2/c1-31-18(30)12-16-19-20(28(26-16)15-9-7-14(22)8-10-15)29-21(25-24-19)23-17(27-29)11-13-5-3-2-4-6-13/h2-10H,11-12H2,1H3. The number of methoxy groups -OCH3 is 1. The number of nitrogens with zero attached hydrogens (tertiary/aromatic N) is 7. The first-order valence-corrected chi connectivity index (χ1v) is 9.87. The number of rotatable bonds is 5. The van der Waals surface area contributed by atoms with Crippen LogP contribution in [0.3, 0.4) is 0 Å². The Morgan fingerprint density at radius 1 is 1.03 bits per heavy atom. The molecule has 154 valence electrons. The van der Waals surface area contributed by atoms with Crippen LogP contribution in [0, 0.1) is 0 Å². The third kappa shape index (κ3) is 3.59. The molecule has 31 heavy (non-hydrogen) atoms. The molecule has 0 aliphatic carbocycles. The van der Waals surface area contributed by atoms with E-state index in [0.29, 0.717) is 39.9 Å². The van der Waals surface area contributed by atoms with Gasteiger partial charge in [0.25, 0.3) is 5.78 Å². The molecule has 0 radical (unpaired) electrons. The second kappa shape index (κ2) is 7.77. The number of carbonyl (C=O) groups excluding carboxylic acids is 1. The molecule has 0 saturated carbocycles. The fourth-order valence-electron chi connectivity index (χ4n) is 3.33. The molecule has 0 spiro atoms. The van der Waals surface area contributed by atoms with Crippen LogP contribution in [-0.4, -0.2) is 47.7 Å². The van der Waals surface area contributed by atoms with Crippen molar-refractivity contribution in [1.82, 2.24) is 34.6 Å². The molecule has 5 aromatic rings. The summed E-state index contributed by atoms with van der Waals surface area (Å²) in [6.45, 7) is 0. The third-order valence-corrected chi connectivity index (χ3v) is 5.05. The zero-order valence-corrected chi connectivity index (χ0v) is 17.2. The molecule has 2 aromatic carbocycles. The largest absolute Gasteiger partial charge is 0.469 e. The topological polar surface area (TPSA) is 100 Å². The first-order valence-electron chi connectivity index (χ1n) is 9.49. The van der Waals surface area contributed by atoms with Gasteiger partial charge in [0.2, 0.25) is 0 Å². The predicted molar refractivity (Wildman–Crippen MR) is 113 cm³/mol. The molecule has 0 unspecified atom stereocenters. The fraction of sp³-hybridized carbons (Fsp3) is 0.143. The summed E-state index contributed by atoms with van der Waals surface area (Å²) in [5.41, 5.74) is 3.26. The normalized spacial score (nSPS) is 11.3. The first kappa shape index (κ1) is 19.1. The summed E-state index contributed by atoms with van der Waals surface area (Å²) in [4.78, 5) is 16.4. The molecular weight excluding hydrogens is 418 g/mol. The summed E-state index contributed by atoms with van der Waals surface area (Å²) in [6, 6.07) is 17.1. The number of ether oxygens (including phenoxy) is 1. The number of carbonyl (C=O) groups is 1. The van der Waals surface area contributed by atoms with Crippen LogP contribution in [0.4, 0.5) is 0 Å². The minimum Gasteiger partial charge on any atom is -0.469 e. The maximum absolute atomic E-state index is 11.9. The number of aromatic nitrogens is 7. The lowest BCUT2D eigenvalue weighted by atomic mass is 10.1.